The van der Waals surface area contributed by atoms with Gasteiger partial charge in [0.1, 0.15) is 0 Å². The van der Waals surface area contributed by atoms with E-state index >= 15 is 0 Å². The third-order valence-corrected chi connectivity index (χ3v) is 4.60. The van der Waals surface area contributed by atoms with Crippen LogP contribution in [0.15, 0.2) is 45.1 Å². The first-order valence-corrected chi connectivity index (χ1v) is 7.43. The summed E-state index contributed by atoms with van der Waals surface area (Å²) in [4.78, 5) is 15.4. The van der Waals surface area contributed by atoms with Crippen molar-refractivity contribution < 1.29 is 12.8 Å². The van der Waals surface area contributed by atoms with Gasteiger partial charge in [-0.2, -0.15) is 9.23 Å². The Morgan fingerprint density at radius 1 is 1.36 bits per heavy atom. The minimum absolute atomic E-state index is 0.110. The lowest BCUT2D eigenvalue weighted by atomic mass is 10.2. The molecule has 1 aromatic heterocycles. The first-order chi connectivity index (χ1) is 10.3. The lowest BCUT2D eigenvalue weighted by molar-refractivity contribution is 0.537. The van der Waals surface area contributed by atoms with E-state index in [1.165, 1.54) is 32.3 Å². The van der Waals surface area contributed by atoms with Crippen molar-refractivity contribution in [2.45, 2.75) is 4.90 Å². The van der Waals surface area contributed by atoms with Crippen LogP contribution in [0.25, 0.3) is 0 Å². The summed E-state index contributed by atoms with van der Waals surface area (Å²) >= 11 is 0. The van der Waals surface area contributed by atoms with Gasteiger partial charge < -0.3 is 0 Å². The van der Waals surface area contributed by atoms with E-state index in [0.29, 0.717) is 6.20 Å². The van der Waals surface area contributed by atoms with Crippen molar-refractivity contribution in [1.82, 2.24) is 8.54 Å². The average Bonchev–Trinajstić information content (AvgIpc) is 2.51. The van der Waals surface area contributed by atoms with Gasteiger partial charge in [0.05, 0.1) is 22.7 Å². The molecule has 0 aliphatic heterocycles. The second-order valence-electron chi connectivity index (χ2n) is 4.31. The molecule has 1 heterocycles. The first kappa shape index (κ1) is 15.7. The van der Waals surface area contributed by atoms with Crippen LogP contribution in [0.5, 0.6) is 0 Å². The molecule has 0 radical (unpaired) electrons. The Kier molecular flexibility index (Phi) is 3.97. The molecule has 2 aromatic rings. The van der Waals surface area contributed by atoms with Crippen molar-refractivity contribution in [3.63, 3.8) is 0 Å². The van der Waals surface area contributed by atoms with Gasteiger partial charge in [-0.15, -0.1) is 0 Å². The predicted molar refractivity (Wildman–Crippen MR) is 74.9 cm³/mol. The fraction of sp³-hybridized carbons (Fsp3) is 0.154. The van der Waals surface area contributed by atoms with Crippen LogP contribution >= 0.6 is 0 Å². The van der Waals surface area contributed by atoms with E-state index in [1.54, 1.807) is 6.07 Å². The molecule has 0 bridgehead atoms. The van der Waals surface area contributed by atoms with Gasteiger partial charge in [0, 0.05) is 14.1 Å². The standard InChI is InChI=1S/C13H11FN4O3S/c1-16-12-11(14)8-18(13(19)17(12)2)22(20,21)10-5-3-4-9(6-10)7-15/h3-6,8H,1-2H3/b16-12+. The Morgan fingerprint density at radius 2 is 2.05 bits per heavy atom. The van der Waals surface area contributed by atoms with Crippen LogP contribution in [-0.2, 0) is 17.1 Å². The molecular weight excluding hydrogens is 311 g/mol. The Balaban J connectivity index is 2.81. The summed E-state index contributed by atoms with van der Waals surface area (Å²) in [6.07, 6.45) is 0.568. The molecule has 0 N–H and O–H groups in total. The van der Waals surface area contributed by atoms with Crippen LogP contribution in [0.1, 0.15) is 5.56 Å². The summed E-state index contributed by atoms with van der Waals surface area (Å²) in [5.41, 5.74) is -1.12. The van der Waals surface area contributed by atoms with Gasteiger partial charge in [-0.25, -0.2) is 17.6 Å². The highest BCUT2D eigenvalue weighted by Gasteiger charge is 2.21. The molecule has 0 fully saturated rings. The zero-order valence-electron chi connectivity index (χ0n) is 11.7. The number of halogens is 1. The maximum Gasteiger partial charge on any atom is 0.343 e. The third kappa shape index (κ3) is 2.44. The molecule has 0 saturated heterocycles. The van der Waals surface area contributed by atoms with Crippen LogP contribution in [0.2, 0.25) is 0 Å². The summed E-state index contributed by atoms with van der Waals surface area (Å²) in [7, 11) is -1.82. The molecule has 2 rings (SSSR count). The number of aromatic nitrogens is 2. The molecule has 7 nitrogen and oxygen atoms in total. The van der Waals surface area contributed by atoms with Crippen molar-refractivity contribution in [1.29, 1.82) is 5.26 Å². The minimum atomic E-state index is -4.32. The number of hydrogen-bond donors (Lipinski definition) is 0. The van der Waals surface area contributed by atoms with Gasteiger partial charge in [-0.3, -0.25) is 9.56 Å². The van der Waals surface area contributed by atoms with Crippen molar-refractivity contribution in [3.05, 3.63) is 57.8 Å². The SMILES string of the molecule is C/N=c1\c(F)cn(S(=O)(=O)c2cccc(C#N)c2)c(=O)n1C. The van der Waals surface area contributed by atoms with Gasteiger partial charge in [0.2, 0.25) is 0 Å². The van der Waals surface area contributed by atoms with E-state index in [4.69, 9.17) is 5.26 Å². The number of benzene rings is 1. The maximum absolute atomic E-state index is 13.9. The predicted octanol–water partition coefficient (Wildman–Crippen LogP) is -0.0349. The van der Waals surface area contributed by atoms with E-state index < -0.39 is 21.5 Å². The van der Waals surface area contributed by atoms with Gasteiger partial charge >= 0.3 is 5.69 Å². The summed E-state index contributed by atoms with van der Waals surface area (Å²) in [6.45, 7) is 0. The molecular formula is C13H11FN4O3S. The molecule has 0 saturated carbocycles. The smallest absolute Gasteiger partial charge is 0.278 e. The summed E-state index contributed by atoms with van der Waals surface area (Å²) in [6, 6.07) is 6.91. The second kappa shape index (κ2) is 5.57. The van der Waals surface area contributed by atoms with Crippen molar-refractivity contribution in [2.75, 3.05) is 7.05 Å². The van der Waals surface area contributed by atoms with Crippen LogP contribution < -0.4 is 11.2 Å². The van der Waals surface area contributed by atoms with Crippen LogP contribution in [0.3, 0.4) is 0 Å². The highest BCUT2D eigenvalue weighted by atomic mass is 32.2. The number of nitriles is 1. The largest absolute Gasteiger partial charge is 0.343 e. The van der Waals surface area contributed by atoms with Crippen LogP contribution in [0, 0.1) is 17.1 Å². The Hall–Kier alpha value is -2.73. The molecule has 114 valence electrons. The van der Waals surface area contributed by atoms with E-state index in [9.17, 15) is 17.6 Å². The molecule has 0 spiro atoms. The van der Waals surface area contributed by atoms with Crippen molar-refractivity contribution in [2.24, 2.45) is 12.0 Å². The molecule has 9 heteroatoms. The van der Waals surface area contributed by atoms with Crippen LogP contribution in [-0.4, -0.2) is 24.0 Å². The maximum atomic E-state index is 13.9. The number of nitrogens with zero attached hydrogens (tertiary/aromatic N) is 4. The van der Waals surface area contributed by atoms with Crippen molar-refractivity contribution >= 4 is 10.0 Å². The lowest BCUT2D eigenvalue weighted by Crippen LogP contribution is -2.42. The Labute approximate surface area is 125 Å². The van der Waals surface area contributed by atoms with Gasteiger partial charge in [0.25, 0.3) is 10.0 Å². The minimum Gasteiger partial charge on any atom is -0.278 e. The summed E-state index contributed by atoms with van der Waals surface area (Å²) < 4.78 is 39.9. The van der Waals surface area contributed by atoms with Gasteiger partial charge in [0.15, 0.2) is 11.3 Å². The molecule has 0 unspecified atom stereocenters. The third-order valence-electron chi connectivity index (χ3n) is 2.97. The zero-order valence-corrected chi connectivity index (χ0v) is 12.5. The summed E-state index contributed by atoms with van der Waals surface area (Å²) in [5, 5.41) is 8.82. The normalized spacial score (nSPS) is 12.2. The molecule has 22 heavy (non-hydrogen) atoms. The highest BCUT2D eigenvalue weighted by Crippen LogP contribution is 2.13. The van der Waals surface area contributed by atoms with Gasteiger partial charge in [-0.1, -0.05) is 6.07 Å². The number of rotatable bonds is 2. The van der Waals surface area contributed by atoms with Crippen LogP contribution in [0.4, 0.5) is 4.39 Å². The molecule has 0 atom stereocenters. The topological polar surface area (TPSA) is 97.2 Å². The van der Waals surface area contributed by atoms with E-state index in [-0.39, 0.29) is 19.9 Å². The monoisotopic (exact) mass is 322 g/mol. The Bertz CT molecular complexity index is 1010. The van der Waals surface area contributed by atoms with E-state index in [0.717, 1.165) is 10.6 Å². The van der Waals surface area contributed by atoms with E-state index in [1.807, 2.05) is 0 Å². The number of hydrogen-bond acceptors (Lipinski definition) is 5. The molecule has 1 aromatic carbocycles. The average molecular weight is 322 g/mol. The zero-order chi connectivity index (χ0) is 16.5. The second-order valence-corrected chi connectivity index (χ2v) is 6.12. The lowest BCUT2D eigenvalue weighted by Gasteiger charge is -2.10. The van der Waals surface area contributed by atoms with Gasteiger partial charge in [-0.05, 0) is 18.2 Å². The summed E-state index contributed by atoms with van der Waals surface area (Å²) in [5.74, 6) is -0.954. The molecule has 0 aliphatic carbocycles. The molecule has 0 amide bonds. The Morgan fingerprint density at radius 3 is 2.64 bits per heavy atom. The fourth-order valence-electron chi connectivity index (χ4n) is 1.88. The molecule has 0 aliphatic rings. The van der Waals surface area contributed by atoms with Crippen molar-refractivity contribution in [3.8, 4) is 6.07 Å². The first-order valence-electron chi connectivity index (χ1n) is 5.99. The quantitative estimate of drug-likeness (QED) is 0.775. The highest BCUT2D eigenvalue weighted by molar-refractivity contribution is 7.90. The fourth-order valence-corrected chi connectivity index (χ4v) is 3.20. The van der Waals surface area contributed by atoms with E-state index in [2.05, 4.69) is 4.99 Å².